The molecule has 0 saturated heterocycles. The number of allylic oxidation sites excluding steroid dienone is 8. The number of unbranched alkanes of at least 4 members (excludes halogenated alkanes) is 23. The van der Waals surface area contributed by atoms with Crippen molar-refractivity contribution in [2.75, 3.05) is 33.0 Å². The van der Waals surface area contributed by atoms with Crippen molar-refractivity contribution in [3.63, 3.8) is 0 Å². The lowest BCUT2D eigenvalue weighted by Crippen LogP contribution is -2.29. The van der Waals surface area contributed by atoms with Crippen LogP contribution in [0.2, 0.25) is 0 Å². The van der Waals surface area contributed by atoms with E-state index in [1.165, 1.54) is 116 Å². The SMILES string of the molecule is CCCCCC/C=C\C/C=C\CCCCCCCCCCOCC(COP(=O)(O)OCC(O)CO)OC(=O)CCCCCCCCC/C=C\C/C=C\CCCCCC. The van der Waals surface area contributed by atoms with E-state index in [0.717, 1.165) is 70.6 Å². The van der Waals surface area contributed by atoms with Gasteiger partial charge in [-0.2, -0.15) is 0 Å². The summed E-state index contributed by atoms with van der Waals surface area (Å²) < 4.78 is 33.4. The maximum absolute atomic E-state index is 12.6. The third kappa shape index (κ3) is 44.0. The maximum atomic E-state index is 12.6. The lowest BCUT2D eigenvalue weighted by Gasteiger charge is -2.20. The molecule has 0 fully saturated rings. The summed E-state index contributed by atoms with van der Waals surface area (Å²) in [7, 11) is -4.52. The number of carbonyl (C=O) groups is 1. The smallest absolute Gasteiger partial charge is 0.457 e. The molecule has 0 aliphatic heterocycles. The van der Waals surface area contributed by atoms with Crippen LogP contribution in [0.4, 0.5) is 0 Å². The van der Waals surface area contributed by atoms with E-state index in [2.05, 4.69) is 62.5 Å². The topological polar surface area (TPSA) is 132 Å². The fraction of sp³-hybridized carbons (Fsp3) is 0.812. The highest BCUT2D eigenvalue weighted by Gasteiger charge is 2.26. The van der Waals surface area contributed by atoms with E-state index in [0.29, 0.717) is 6.61 Å². The van der Waals surface area contributed by atoms with Crippen molar-refractivity contribution in [2.45, 2.75) is 219 Å². The van der Waals surface area contributed by atoms with Gasteiger partial charge < -0.3 is 24.6 Å². The lowest BCUT2D eigenvalue weighted by molar-refractivity contribution is -0.154. The molecule has 0 heterocycles. The molecule has 0 aliphatic rings. The molecule has 3 N–H and O–H groups in total. The summed E-state index contributed by atoms with van der Waals surface area (Å²) in [6, 6.07) is 0. The monoisotopic (exact) mass is 841 g/mol. The molecule has 0 aromatic carbocycles. The number of phosphoric ester groups is 1. The highest BCUT2D eigenvalue weighted by molar-refractivity contribution is 7.47. The van der Waals surface area contributed by atoms with Crippen LogP contribution in [0.5, 0.6) is 0 Å². The second kappa shape index (κ2) is 45.0. The van der Waals surface area contributed by atoms with Gasteiger partial charge in [0.1, 0.15) is 12.2 Å². The van der Waals surface area contributed by atoms with Crippen molar-refractivity contribution >= 4 is 13.8 Å². The standard InChI is InChI=1S/C48H89O9P/c1-3-5-7-9-11-13-15-17-19-21-23-25-27-29-31-33-35-37-39-41-54-44-47(45-56-58(52,53)55-43-46(50)42-49)57-48(51)40-38-36-34-32-30-28-26-24-22-20-18-16-14-12-10-8-6-4-2/h13-16,19-22,46-47,49-50H,3-12,17-18,23-45H2,1-2H3,(H,52,53)/b15-13-,16-14-,21-19-,22-20-. The summed E-state index contributed by atoms with van der Waals surface area (Å²) in [6.45, 7) is 3.48. The largest absolute Gasteiger partial charge is 0.472 e. The van der Waals surface area contributed by atoms with E-state index in [1.807, 2.05) is 0 Å². The van der Waals surface area contributed by atoms with E-state index in [1.54, 1.807) is 0 Å². The van der Waals surface area contributed by atoms with Crippen molar-refractivity contribution in [1.29, 1.82) is 0 Å². The lowest BCUT2D eigenvalue weighted by atomic mass is 10.1. The van der Waals surface area contributed by atoms with Crippen LogP contribution in [0.15, 0.2) is 48.6 Å². The van der Waals surface area contributed by atoms with Gasteiger partial charge in [0.05, 0.1) is 26.4 Å². The van der Waals surface area contributed by atoms with Gasteiger partial charge in [-0.15, -0.1) is 0 Å². The average Bonchev–Trinajstić information content (AvgIpc) is 3.21. The van der Waals surface area contributed by atoms with Crippen molar-refractivity contribution < 1.29 is 43.0 Å². The molecule has 3 atom stereocenters. The number of hydrogen-bond acceptors (Lipinski definition) is 8. The Labute approximate surface area is 356 Å². The second-order valence-corrected chi connectivity index (χ2v) is 17.2. The van der Waals surface area contributed by atoms with Crippen LogP contribution >= 0.6 is 7.82 Å². The molecule has 10 heteroatoms. The van der Waals surface area contributed by atoms with Crippen LogP contribution in [-0.4, -0.2) is 66.3 Å². The van der Waals surface area contributed by atoms with Crippen molar-refractivity contribution in [1.82, 2.24) is 0 Å². The molecule has 0 spiro atoms. The fourth-order valence-electron chi connectivity index (χ4n) is 6.36. The van der Waals surface area contributed by atoms with E-state index in [9.17, 15) is 19.4 Å². The third-order valence-electron chi connectivity index (χ3n) is 9.99. The van der Waals surface area contributed by atoms with Gasteiger partial charge >= 0.3 is 13.8 Å². The number of rotatable bonds is 45. The summed E-state index contributed by atoms with van der Waals surface area (Å²) in [5.41, 5.74) is 0. The molecule has 0 bridgehead atoms. The highest BCUT2D eigenvalue weighted by atomic mass is 31.2. The number of phosphoric acid groups is 1. The Morgan fingerprint density at radius 2 is 0.931 bits per heavy atom. The molecular formula is C48H89O9P. The first-order valence-electron chi connectivity index (χ1n) is 23.6. The van der Waals surface area contributed by atoms with Gasteiger partial charge in [-0.05, 0) is 77.0 Å². The van der Waals surface area contributed by atoms with Crippen molar-refractivity contribution in [3.05, 3.63) is 48.6 Å². The molecule has 9 nitrogen and oxygen atoms in total. The van der Waals surface area contributed by atoms with Crippen LogP contribution in [-0.2, 0) is 27.9 Å². The predicted molar refractivity (Wildman–Crippen MR) is 242 cm³/mol. The first kappa shape index (κ1) is 56.4. The van der Waals surface area contributed by atoms with E-state index in [-0.39, 0.29) is 19.6 Å². The first-order valence-corrected chi connectivity index (χ1v) is 25.1. The molecule has 58 heavy (non-hydrogen) atoms. The van der Waals surface area contributed by atoms with Gasteiger partial charge in [-0.25, -0.2) is 4.57 Å². The normalized spacial score (nSPS) is 14.4. The summed E-state index contributed by atoms with van der Waals surface area (Å²) in [5.74, 6) is -0.392. The van der Waals surface area contributed by atoms with Crippen molar-refractivity contribution in [3.8, 4) is 0 Å². The number of hydrogen-bond donors (Lipinski definition) is 3. The summed E-state index contributed by atoms with van der Waals surface area (Å²) in [5, 5.41) is 18.4. The Morgan fingerprint density at radius 1 is 0.534 bits per heavy atom. The molecule has 0 amide bonds. The van der Waals surface area contributed by atoms with Crippen molar-refractivity contribution in [2.24, 2.45) is 0 Å². The third-order valence-corrected chi connectivity index (χ3v) is 10.9. The Bertz CT molecular complexity index is 1040. The molecule has 0 aromatic rings. The van der Waals surface area contributed by atoms with Gasteiger partial charge in [0.25, 0.3) is 0 Å². The number of aliphatic hydroxyl groups is 2. The minimum absolute atomic E-state index is 0.0415. The Kier molecular flexibility index (Phi) is 43.7. The number of esters is 1. The van der Waals surface area contributed by atoms with Gasteiger partial charge in [-0.1, -0.05) is 172 Å². The van der Waals surface area contributed by atoms with E-state index < -0.39 is 39.2 Å². The zero-order valence-electron chi connectivity index (χ0n) is 37.3. The molecule has 0 rings (SSSR count). The van der Waals surface area contributed by atoms with Crippen LogP contribution in [0.3, 0.4) is 0 Å². The highest BCUT2D eigenvalue weighted by Crippen LogP contribution is 2.43. The number of carbonyl (C=O) groups excluding carboxylic acids is 1. The predicted octanol–water partition coefficient (Wildman–Crippen LogP) is 13.4. The Hall–Kier alpha value is -1.58. The molecule has 0 saturated carbocycles. The second-order valence-electron chi connectivity index (χ2n) is 15.8. The van der Waals surface area contributed by atoms with Crippen LogP contribution in [0, 0.1) is 0 Å². The minimum atomic E-state index is -4.52. The zero-order valence-corrected chi connectivity index (χ0v) is 38.2. The maximum Gasteiger partial charge on any atom is 0.472 e. The van der Waals surface area contributed by atoms with Crippen LogP contribution in [0.25, 0.3) is 0 Å². The molecule has 0 aromatic heterocycles. The van der Waals surface area contributed by atoms with Gasteiger partial charge in [0, 0.05) is 13.0 Å². The average molecular weight is 841 g/mol. The van der Waals surface area contributed by atoms with Gasteiger partial charge in [0.15, 0.2) is 0 Å². The van der Waals surface area contributed by atoms with E-state index >= 15 is 0 Å². The number of aliphatic hydroxyl groups excluding tert-OH is 2. The molecule has 0 radical (unpaired) electrons. The Morgan fingerprint density at radius 3 is 1.38 bits per heavy atom. The zero-order chi connectivity index (χ0) is 42.5. The fourth-order valence-corrected chi connectivity index (χ4v) is 7.15. The van der Waals surface area contributed by atoms with E-state index in [4.69, 9.17) is 23.6 Å². The van der Waals surface area contributed by atoms with Crippen LogP contribution in [0.1, 0.15) is 206 Å². The quantitative estimate of drug-likeness (QED) is 0.0237. The van der Waals surface area contributed by atoms with Crippen LogP contribution < -0.4 is 0 Å². The summed E-state index contributed by atoms with van der Waals surface area (Å²) in [6.07, 6.45) is 50.6. The molecule has 0 aliphatic carbocycles. The first-order chi connectivity index (χ1) is 28.3. The Balaban J connectivity index is 4.15. The minimum Gasteiger partial charge on any atom is -0.457 e. The van der Waals surface area contributed by atoms with Gasteiger partial charge in [-0.3, -0.25) is 13.8 Å². The number of ether oxygens (including phenoxy) is 2. The molecule has 3 unspecified atom stereocenters. The van der Waals surface area contributed by atoms with Gasteiger partial charge in [0.2, 0.25) is 0 Å². The summed E-state index contributed by atoms with van der Waals surface area (Å²) in [4.78, 5) is 22.6. The summed E-state index contributed by atoms with van der Waals surface area (Å²) >= 11 is 0. The molecular weight excluding hydrogens is 751 g/mol. The molecule has 340 valence electrons.